The molecule has 0 unspecified atom stereocenters. The second kappa shape index (κ2) is 7.10. The molecule has 7 heteroatoms. The predicted molar refractivity (Wildman–Crippen MR) is 93.2 cm³/mol. The van der Waals surface area contributed by atoms with Crippen molar-refractivity contribution in [2.75, 3.05) is 11.9 Å². The first-order valence-corrected chi connectivity index (χ1v) is 7.74. The first-order chi connectivity index (χ1) is 12.5. The van der Waals surface area contributed by atoms with E-state index in [-0.39, 0.29) is 28.5 Å². The Morgan fingerprint density at radius 2 is 1.88 bits per heavy atom. The fourth-order valence-electron chi connectivity index (χ4n) is 2.44. The molecule has 132 valence electrons. The van der Waals surface area contributed by atoms with Gasteiger partial charge in [-0.25, -0.2) is 4.79 Å². The van der Waals surface area contributed by atoms with Gasteiger partial charge in [0.15, 0.2) is 18.2 Å². The summed E-state index contributed by atoms with van der Waals surface area (Å²) >= 11 is 0. The molecule has 3 aromatic rings. The number of ketones is 1. The number of para-hydroxylation sites is 1. The van der Waals surface area contributed by atoms with Crippen molar-refractivity contribution < 1.29 is 28.6 Å². The molecule has 0 radical (unpaired) electrons. The monoisotopic (exact) mass is 353 g/mol. The summed E-state index contributed by atoms with van der Waals surface area (Å²) in [6, 6.07) is 12.5. The maximum atomic E-state index is 12.1. The fourth-order valence-corrected chi connectivity index (χ4v) is 2.44. The van der Waals surface area contributed by atoms with Gasteiger partial charge in [0.2, 0.25) is 0 Å². The first kappa shape index (κ1) is 17.2. The highest BCUT2D eigenvalue weighted by atomic mass is 16.5. The van der Waals surface area contributed by atoms with E-state index in [1.165, 1.54) is 31.2 Å². The van der Waals surface area contributed by atoms with Crippen LogP contribution in [0.1, 0.15) is 27.8 Å². The van der Waals surface area contributed by atoms with E-state index in [0.717, 1.165) is 0 Å². The highest BCUT2D eigenvalue weighted by Crippen LogP contribution is 2.31. The Labute approximate surface area is 148 Å². The molecule has 0 aliphatic carbocycles. The van der Waals surface area contributed by atoms with E-state index in [9.17, 15) is 19.5 Å². The number of nitrogens with one attached hydrogen (secondary N) is 1. The summed E-state index contributed by atoms with van der Waals surface area (Å²) in [6.45, 7) is 0.778. The number of benzene rings is 2. The minimum atomic E-state index is -0.750. The van der Waals surface area contributed by atoms with Gasteiger partial charge in [-0.2, -0.15) is 0 Å². The fraction of sp³-hybridized carbons (Fsp3) is 0.105. The first-order valence-electron chi connectivity index (χ1n) is 7.74. The molecule has 0 atom stereocenters. The number of ether oxygens (including phenoxy) is 1. The zero-order valence-electron chi connectivity index (χ0n) is 13.8. The molecule has 2 N–H and O–H groups in total. The van der Waals surface area contributed by atoms with E-state index in [2.05, 4.69) is 5.32 Å². The van der Waals surface area contributed by atoms with E-state index in [1.54, 1.807) is 24.3 Å². The van der Waals surface area contributed by atoms with Gasteiger partial charge >= 0.3 is 5.97 Å². The van der Waals surface area contributed by atoms with Crippen LogP contribution in [0.3, 0.4) is 0 Å². The van der Waals surface area contributed by atoms with Crippen molar-refractivity contribution in [3.8, 4) is 5.75 Å². The number of hydrogen-bond donors (Lipinski definition) is 2. The minimum Gasteiger partial charge on any atom is -0.508 e. The van der Waals surface area contributed by atoms with Crippen LogP contribution in [0.25, 0.3) is 11.0 Å². The Hall–Kier alpha value is -3.61. The number of amides is 1. The third-order valence-electron chi connectivity index (χ3n) is 3.60. The molecule has 0 spiro atoms. The largest absolute Gasteiger partial charge is 0.508 e. The highest BCUT2D eigenvalue weighted by molar-refractivity contribution is 6.11. The SMILES string of the molecule is CC(=O)c1oc2ccccc2c1NC(=O)COC(=O)c1cccc(O)c1. The number of carbonyl (C=O) groups is 3. The second-order valence-corrected chi connectivity index (χ2v) is 5.53. The lowest BCUT2D eigenvalue weighted by molar-refractivity contribution is -0.119. The van der Waals surface area contributed by atoms with Gasteiger partial charge in [0.1, 0.15) is 11.3 Å². The molecule has 0 saturated heterocycles. The number of hydrogen-bond acceptors (Lipinski definition) is 6. The van der Waals surface area contributed by atoms with E-state index in [4.69, 9.17) is 9.15 Å². The molecular weight excluding hydrogens is 338 g/mol. The molecular formula is C19H15NO6. The Balaban J connectivity index is 1.72. The Morgan fingerprint density at radius 1 is 1.12 bits per heavy atom. The highest BCUT2D eigenvalue weighted by Gasteiger charge is 2.20. The maximum Gasteiger partial charge on any atom is 0.338 e. The van der Waals surface area contributed by atoms with Crippen LogP contribution >= 0.6 is 0 Å². The summed E-state index contributed by atoms with van der Waals surface area (Å²) in [6.07, 6.45) is 0. The van der Waals surface area contributed by atoms with E-state index in [1.807, 2.05) is 0 Å². The molecule has 0 aliphatic rings. The van der Waals surface area contributed by atoms with Gasteiger partial charge < -0.3 is 19.6 Å². The number of esters is 1. The Kier molecular flexibility index (Phi) is 4.70. The summed E-state index contributed by atoms with van der Waals surface area (Å²) in [5.41, 5.74) is 0.826. The summed E-state index contributed by atoms with van der Waals surface area (Å²) in [5.74, 6) is -1.76. The molecule has 1 heterocycles. The third kappa shape index (κ3) is 3.56. The number of fused-ring (bicyclic) bond motifs is 1. The standard InChI is InChI=1S/C19H15NO6/c1-11(21)18-17(14-7-2-3-8-15(14)26-18)20-16(23)10-25-19(24)12-5-4-6-13(22)9-12/h2-9,22H,10H2,1H3,(H,20,23). The van der Waals surface area contributed by atoms with Crippen molar-refractivity contribution in [3.63, 3.8) is 0 Å². The van der Waals surface area contributed by atoms with Gasteiger partial charge in [0, 0.05) is 12.3 Å². The lowest BCUT2D eigenvalue weighted by atomic mass is 10.2. The molecule has 7 nitrogen and oxygen atoms in total. The Morgan fingerprint density at radius 3 is 2.62 bits per heavy atom. The van der Waals surface area contributed by atoms with E-state index in [0.29, 0.717) is 11.0 Å². The summed E-state index contributed by atoms with van der Waals surface area (Å²) in [7, 11) is 0. The lowest BCUT2D eigenvalue weighted by Gasteiger charge is -2.07. The molecule has 1 aromatic heterocycles. The maximum absolute atomic E-state index is 12.1. The van der Waals surface area contributed by atoms with Gasteiger partial charge in [-0.05, 0) is 30.3 Å². The molecule has 0 aliphatic heterocycles. The van der Waals surface area contributed by atoms with Crippen LogP contribution in [0.4, 0.5) is 5.69 Å². The quantitative estimate of drug-likeness (QED) is 0.539. The van der Waals surface area contributed by atoms with Crippen molar-refractivity contribution in [3.05, 3.63) is 59.9 Å². The summed E-state index contributed by atoms with van der Waals surface area (Å²) < 4.78 is 10.4. The third-order valence-corrected chi connectivity index (χ3v) is 3.60. The molecule has 0 fully saturated rings. The normalized spacial score (nSPS) is 10.5. The van der Waals surface area contributed by atoms with Crippen molar-refractivity contribution in [2.45, 2.75) is 6.92 Å². The molecule has 0 bridgehead atoms. The van der Waals surface area contributed by atoms with Crippen molar-refractivity contribution in [1.29, 1.82) is 0 Å². The van der Waals surface area contributed by atoms with Gasteiger partial charge in [0.25, 0.3) is 5.91 Å². The van der Waals surface area contributed by atoms with Crippen LogP contribution in [0, 0.1) is 0 Å². The predicted octanol–water partition coefficient (Wildman–Crippen LogP) is 3.14. The number of phenolic OH excluding ortho intramolecular Hbond substituents is 1. The smallest absolute Gasteiger partial charge is 0.338 e. The van der Waals surface area contributed by atoms with Crippen molar-refractivity contribution >= 4 is 34.3 Å². The Bertz CT molecular complexity index is 1000. The number of aromatic hydroxyl groups is 1. The van der Waals surface area contributed by atoms with Gasteiger partial charge in [-0.15, -0.1) is 0 Å². The van der Waals surface area contributed by atoms with Crippen LogP contribution in [-0.2, 0) is 9.53 Å². The van der Waals surface area contributed by atoms with E-state index >= 15 is 0 Å². The second-order valence-electron chi connectivity index (χ2n) is 5.53. The van der Waals surface area contributed by atoms with Gasteiger partial charge in [-0.3, -0.25) is 9.59 Å². The van der Waals surface area contributed by atoms with Crippen LogP contribution < -0.4 is 5.32 Å². The molecule has 26 heavy (non-hydrogen) atoms. The number of furan rings is 1. The average molecular weight is 353 g/mol. The molecule has 1 amide bonds. The average Bonchev–Trinajstić information content (AvgIpc) is 2.98. The molecule has 3 rings (SSSR count). The number of anilines is 1. The topological polar surface area (TPSA) is 106 Å². The number of rotatable bonds is 5. The number of carbonyl (C=O) groups excluding carboxylic acids is 3. The van der Waals surface area contributed by atoms with Crippen molar-refractivity contribution in [2.24, 2.45) is 0 Å². The molecule has 2 aromatic carbocycles. The zero-order valence-corrected chi connectivity index (χ0v) is 13.8. The minimum absolute atomic E-state index is 0.0267. The molecule has 0 saturated carbocycles. The lowest BCUT2D eigenvalue weighted by Crippen LogP contribution is -2.21. The van der Waals surface area contributed by atoms with Crippen molar-refractivity contribution in [1.82, 2.24) is 0 Å². The van der Waals surface area contributed by atoms with Gasteiger partial charge in [-0.1, -0.05) is 18.2 Å². The van der Waals surface area contributed by atoms with Crippen LogP contribution in [0.15, 0.2) is 52.9 Å². The van der Waals surface area contributed by atoms with Crippen LogP contribution in [0.2, 0.25) is 0 Å². The number of phenols is 1. The van der Waals surface area contributed by atoms with Crippen LogP contribution in [0.5, 0.6) is 5.75 Å². The van der Waals surface area contributed by atoms with Gasteiger partial charge in [0.05, 0.1) is 11.3 Å². The summed E-state index contributed by atoms with van der Waals surface area (Å²) in [4.78, 5) is 35.8. The zero-order chi connectivity index (χ0) is 18.7. The number of Topliss-reactive ketones (excluding diaryl/α,β-unsaturated/α-hetero) is 1. The van der Waals surface area contributed by atoms with Crippen LogP contribution in [-0.4, -0.2) is 29.4 Å². The van der Waals surface area contributed by atoms with E-state index < -0.39 is 18.5 Å². The summed E-state index contributed by atoms with van der Waals surface area (Å²) in [5, 5.41) is 12.5.